The Balaban J connectivity index is 2.22. The molecule has 0 bridgehead atoms. The van der Waals surface area contributed by atoms with Gasteiger partial charge in [-0.15, -0.1) is 11.6 Å². The van der Waals surface area contributed by atoms with E-state index >= 15 is 0 Å². The second-order valence-electron chi connectivity index (χ2n) is 5.45. The van der Waals surface area contributed by atoms with Crippen molar-refractivity contribution in [1.29, 1.82) is 0 Å². The third kappa shape index (κ3) is 3.66. The number of alkyl halides is 1. The molecule has 19 heavy (non-hydrogen) atoms. The first kappa shape index (κ1) is 15.2. The van der Waals surface area contributed by atoms with Gasteiger partial charge in [0, 0.05) is 10.0 Å². The Labute approximate surface area is 129 Å². The highest BCUT2D eigenvalue weighted by atomic mass is 79.9. The molecule has 0 N–H and O–H groups in total. The smallest absolute Gasteiger partial charge is 0.127 e. The lowest BCUT2D eigenvalue weighted by molar-refractivity contribution is 0.0889. The Bertz CT molecular complexity index is 433. The summed E-state index contributed by atoms with van der Waals surface area (Å²) in [5, 5.41) is 0. The molecule has 0 heterocycles. The fourth-order valence-electron chi connectivity index (χ4n) is 3.01. The lowest BCUT2D eigenvalue weighted by Crippen LogP contribution is -2.30. The molecule has 1 saturated carbocycles. The summed E-state index contributed by atoms with van der Waals surface area (Å²) in [5.74, 6) is 2.20. The van der Waals surface area contributed by atoms with Gasteiger partial charge in [0.1, 0.15) is 11.9 Å². The Hall–Kier alpha value is -0.210. The van der Waals surface area contributed by atoms with E-state index in [-0.39, 0.29) is 0 Å². The monoisotopic (exact) mass is 344 g/mol. The van der Waals surface area contributed by atoms with Crippen molar-refractivity contribution in [2.45, 2.75) is 57.9 Å². The molecule has 1 nitrogen and oxygen atoms in total. The predicted molar refractivity (Wildman–Crippen MR) is 85.1 cm³/mol. The first-order chi connectivity index (χ1) is 9.15. The molecule has 1 aliphatic carbocycles. The Morgan fingerprint density at radius 2 is 2.05 bits per heavy atom. The van der Waals surface area contributed by atoms with Crippen molar-refractivity contribution < 1.29 is 4.74 Å². The van der Waals surface area contributed by atoms with Crippen LogP contribution in [0.2, 0.25) is 0 Å². The highest BCUT2D eigenvalue weighted by Gasteiger charge is 2.26. The number of halogens is 2. The first-order valence-corrected chi connectivity index (χ1v) is 8.50. The van der Waals surface area contributed by atoms with Crippen molar-refractivity contribution in [2.75, 3.05) is 0 Å². The fraction of sp³-hybridized carbons (Fsp3) is 0.625. The van der Waals surface area contributed by atoms with Crippen LogP contribution in [0.4, 0.5) is 0 Å². The SMILES string of the molecule is CCC1CCCCC1Oc1c(C)cc(Br)cc1CCl. The summed E-state index contributed by atoms with van der Waals surface area (Å²) in [6.07, 6.45) is 6.67. The molecule has 3 heteroatoms. The Kier molecular flexibility index (Phi) is 5.58. The van der Waals surface area contributed by atoms with Gasteiger partial charge < -0.3 is 4.74 Å². The van der Waals surface area contributed by atoms with E-state index in [2.05, 4.69) is 41.9 Å². The van der Waals surface area contributed by atoms with Crippen LogP contribution in [0, 0.1) is 12.8 Å². The average Bonchev–Trinajstić information content (AvgIpc) is 2.42. The zero-order valence-electron chi connectivity index (χ0n) is 11.7. The molecule has 1 aromatic carbocycles. The van der Waals surface area contributed by atoms with Crippen molar-refractivity contribution in [3.63, 3.8) is 0 Å². The van der Waals surface area contributed by atoms with Gasteiger partial charge in [-0.3, -0.25) is 0 Å². The van der Waals surface area contributed by atoms with Gasteiger partial charge in [0.05, 0.1) is 5.88 Å². The predicted octanol–water partition coefficient (Wildman–Crippen LogP) is 5.84. The number of aryl methyl sites for hydroxylation is 1. The minimum atomic E-state index is 0.362. The van der Waals surface area contributed by atoms with Crippen LogP contribution in [0.15, 0.2) is 16.6 Å². The minimum absolute atomic E-state index is 0.362. The van der Waals surface area contributed by atoms with Crippen molar-refractivity contribution in [2.24, 2.45) is 5.92 Å². The van der Waals surface area contributed by atoms with Gasteiger partial charge in [-0.1, -0.05) is 29.3 Å². The van der Waals surface area contributed by atoms with Gasteiger partial charge in [0.2, 0.25) is 0 Å². The summed E-state index contributed by atoms with van der Waals surface area (Å²) < 4.78 is 7.43. The van der Waals surface area contributed by atoms with Crippen LogP contribution in [0.25, 0.3) is 0 Å². The van der Waals surface area contributed by atoms with E-state index < -0.39 is 0 Å². The second-order valence-corrected chi connectivity index (χ2v) is 6.64. The average molecular weight is 346 g/mol. The summed E-state index contributed by atoms with van der Waals surface area (Å²) in [6.45, 7) is 4.36. The molecule has 106 valence electrons. The molecule has 0 spiro atoms. The van der Waals surface area contributed by atoms with E-state index in [1.165, 1.54) is 37.7 Å². The maximum atomic E-state index is 6.36. The number of benzene rings is 1. The van der Waals surface area contributed by atoms with Gasteiger partial charge >= 0.3 is 0 Å². The van der Waals surface area contributed by atoms with Gasteiger partial charge in [-0.25, -0.2) is 0 Å². The molecule has 2 rings (SSSR count). The molecule has 0 radical (unpaired) electrons. The maximum absolute atomic E-state index is 6.36. The zero-order valence-corrected chi connectivity index (χ0v) is 14.1. The first-order valence-electron chi connectivity index (χ1n) is 7.17. The van der Waals surface area contributed by atoms with Gasteiger partial charge in [0.15, 0.2) is 0 Å². The van der Waals surface area contributed by atoms with Crippen LogP contribution in [0.3, 0.4) is 0 Å². The lowest BCUT2D eigenvalue weighted by atomic mass is 9.84. The standard InChI is InChI=1S/C16H22BrClO/c1-3-12-6-4-5-7-15(12)19-16-11(2)8-14(17)9-13(16)10-18/h8-9,12,15H,3-7,10H2,1-2H3. The van der Waals surface area contributed by atoms with E-state index in [4.69, 9.17) is 16.3 Å². The number of rotatable bonds is 4. The van der Waals surface area contributed by atoms with Crippen molar-refractivity contribution in [3.05, 3.63) is 27.7 Å². The third-order valence-electron chi connectivity index (χ3n) is 4.09. The molecule has 0 saturated heterocycles. The van der Waals surface area contributed by atoms with Crippen LogP contribution in [-0.2, 0) is 5.88 Å². The molecule has 1 aliphatic rings. The molecule has 0 aliphatic heterocycles. The van der Waals surface area contributed by atoms with Crippen molar-refractivity contribution >= 4 is 27.5 Å². The van der Waals surface area contributed by atoms with E-state index in [1.54, 1.807) is 0 Å². The number of hydrogen-bond acceptors (Lipinski definition) is 1. The van der Waals surface area contributed by atoms with E-state index in [9.17, 15) is 0 Å². The second kappa shape index (κ2) is 6.99. The normalized spacial score (nSPS) is 23.4. The highest BCUT2D eigenvalue weighted by molar-refractivity contribution is 9.10. The van der Waals surface area contributed by atoms with Crippen LogP contribution >= 0.6 is 27.5 Å². The minimum Gasteiger partial charge on any atom is -0.490 e. The van der Waals surface area contributed by atoms with Gasteiger partial charge in [-0.05, 0) is 56.2 Å². The van der Waals surface area contributed by atoms with Crippen LogP contribution in [-0.4, -0.2) is 6.10 Å². The lowest BCUT2D eigenvalue weighted by Gasteiger charge is -2.32. The van der Waals surface area contributed by atoms with E-state index in [0.717, 1.165) is 15.8 Å². The van der Waals surface area contributed by atoms with E-state index in [1.807, 2.05) is 0 Å². The topological polar surface area (TPSA) is 9.23 Å². The summed E-state index contributed by atoms with van der Waals surface area (Å²) in [7, 11) is 0. The van der Waals surface area contributed by atoms with Crippen LogP contribution in [0.1, 0.15) is 50.2 Å². The molecule has 2 atom stereocenters. The molecular formula is C16H22BrClO. The summed E-state index contributed by atoms with van der Waals surface area (Å²) >= 11 is 9.59. The summed E-state index contributed by atoms with van der Waals surface area (Å²) in [4.78, 5) is 0. The molecule has 1 fully saturated rings. The number of ether oxygens (including phenoxy) is 1. The largest absolute Gasteiger partial charge is 0.490 e. The molecule has 2 unspecified atom stereocenters. The maximum Gasteiger partial charge on any atom is 0.127 e. The zero-order chi connectivity index (χ0) is 13.8. The molecule has 0 amide bonds. The van der Waals surface area contributed by atoms with Gasteiger partial charge in [0.25, 0.3) is 0 Å². The summed E-state index contributed by atoms with van der Waals surface area (Å²) in [5.41, 5.74) is 2.26. The Morgan fingerprint density at radius 3 is 2.74 bits per heavy atom. The van der Waals surface area contributed by atoms with Crippen molar-refractivity contribution in [1.82, 2.24) is 0 Å². The van der Waals surface area contributed by atoms with Crippen LogP contribution < -0.4 is 4.74 Å². The fourth-order valence-corrected chi connectivity index (χ4v) is 3.83. The number of hydrogen-bond donors (Lipinski definition) is 0. The molecule has 0 aromatic heterocycles. The van der Waals surface area contributed by atoms with E-state index in [0.29, 0.717) is 17.9 Å². The van der Waals surface area contributed by atoms with Crippen LogP contribution in [0.5, 0.6) is 5.75 Å². The van der Waals surface area contributed by atoms with Crippen molar-refractivity contribution in [3.8, 4) is 5.75 Å². The quantitative estimate of drug-likeness (QED) is 0.622. The molecule has 1 aromatic rings. The Morgan fingerprint density at radius 1 is 1.32 bits per heavy atom. The van der Waals surface area contributed by atoms with Gasteiger partial charge in [-0.2, -0.15) is 0 Å². The third-order valence-corrected chi connectivity index (χ3v) is 4.84. The highest BCUT2D eigenvalue weighted by Crippen LogP contribution is 2.35. The summed E-state index contributed by atoms with van der Waals surface area (Å²) in [6, 6.07) is 4.17. The molecular weight excluding hydrogens is 324 g/mol.